The molecule has 5 aromatic carbocycles. The topological polar surface area (TPSA) is 8.17 Å². The molecule has 0 saturated carbocycles. The second kappa shape index (κ2) is 13.0. The predicted molar refractivity (Wildman–Crippen MR) is 173 cm³/mol. The molecular formula is C35H26Cl2N2SZr. The van der Waals surface area contributed by atoms with Crippen molar-refractivity contribution in [2.45, 2.75) is 23.1 Å². The molecule has 0 atom stereocenters. The van der Waals surface area contributed by atoms with Crippen LogP contribution in [0.2, 0.25) is 0 Å². The number of aromatic nitrogens is 1. The van der Waals surface area contributed by atoms with E-state index in [0.29, 0.717) is 0 Å². The summed E-state index contributed by atoms with van der Waals surface area (Å²) in [4.78, 5) is 5.01. The molecule has 0 spiro atoms. The van der Waals surface area contributed by atoms with Gasteiger partial charge in [-0.2, -0.15) is 12.1 Å². The molecule has 0 N–H and O–H groups in total. The van der Waals surface area contributed by atoms with Crippen molar-refractivity contribution >= 4 is 67.5 Å². The maximum atomic E-state index is 4.93. The second-order valence-electron chi connectivity index (χ2n) is 9.69. The summed E-state index contributed by atoms with van der Waals surface area (Å²) in [6, 6.07) is 37.5. The summed E-state index contributed by atoms with van der Waals surface area (Å²) in [5.74, 6) is 0. The van der Waals surface area contributed by atoms with Crippen LogP contribution in [0.4, 0.5) is 17.1 Å². The zero-order chi connectivity index (χ0) is 28.2. The van der Waals surface area contributed by atoms with Crippen LogP contribution in [0, 0.1) is 13.0 Å². The standard InChI is InChI=1S/C30H21N2S.C5H5.2ClH.Zr/c1-20-16-22-18-23(31-15-14-21-8-2-3-9-25(21)31)19-28(24(22)17-20)32-26-10-4-6-12-29(26)33-30-13-7-5-11-27(30)32;1-2-4-5-3-1;;;/h2-19H,1H3;1-3H,4H2;2*1H;/q2*-1;;;+4/p-2. The monoisotopic (exact) mass is 666 g/mol. The van der Waals surface area contributed by atoms with Crippen LogP contribution in [0.5, 0.6) is 0 Å². The molecule has 200 valence electrons. The summed E-state index contributed by atoms with van der Waals surface area (Å²) in [6.07, 6.45) is 12.2. The van der Waals surface area contributed by atoms with E-state index in [9.17, 15) is 0 Å². The Hall–Kier alpha value is -2.88. The maximum absolute atomic E-state index is 4.93. The number of para-hydroxylation sites is 3. The SMILES string of the molecule is Cc1cc2c(N3c4ccccc4Sc4ccccc43)cc(-n3ccc4ccccc43)cc2[cH-]1.[C-]1=CC=CC1.[Cl][Zr+2][Cl]. The van der Waals surface area contributed by atoms with Gasteiger partial charge in [0.2, 0.25) is 0 Å². The van der Waals surface area contributed by atoms with E-state index in [1.54, 1.807) is 0 Å². The number of nitrogens with zero attached hydrogens (tertiary/aromatic N) is 2. The molecule has 1 aliphatic carbocycles. The minimum atomic E-state index is -0.826. The molecule has 0 amide bonds. The van der Waals surface area contributed by atoms with Crippen LogP contribution in [-0.2, 0) is 20.8 Å². The number of benzene rings is 4. The Morgan fingerprint density at radius 3 is 2.17 bits per heavy atom. The summed E-state index contributed by atoms with van der Waals surface area (Å²) >= 11 is 1.02. The molecule has 2 heterocycles. The van der Waals surface area contributed by atoms with Gasteiger partial charge in [0.15, 0.2) is 0 Å². The number of halogens is 2. The summed E-state index contributed by atoms with van der Waals surface area (Å²) in [7, 11) is 9.87. The van der Waals surface area contributed by atoms with Crippen molar-refractivity contribution in [1.29, 1.82) is 0 Å². The van der Waals surface area contributed by atoms with Crippen molar-refractivity contribution < 1.29 is 20.8 Å². The first-order valence-electron chi connectivity index (χ1n) is 13.3. The molecule has 8 rings (SSSR count). The third kappa shape index (κ3) is 5.90. The van der Waals surface area contributed by atoms with Gasteiger partial charge in [0.1, 0.15) is 0 Å². The van der Waals surface area contributed by atoms with Gasteiger partial charge in [-0.25, -0.2) is 12.2 Å². The van der Waals surface area contributed by atoms with Gasteiger partial charge in [-0.3, -0.25) is 6.08 Å². The van der Waals surface area contributed by atoms with Crippen molar-refractivity contribution in [2.75, 3.05) is 4.90 Å². The first kappa shape index (κ1) is 28.3. The average molecular weight is 669 g/mol. The molecule has 1 aromatic heterocycles. The number of hydrogen-bond donors (Lipinski definition) is 0. The van der Waals surface area contributed by atoms with Crippen LogP contribution in [0.3, 0.4) is 0 Å². The summed E-state index contributed by atoms with van der Waals surface area (Å²) < 4.78 is 2.30. The quantitative estimate of drug-likeness (QED) is 0.169. The van der Waals surface area contributed by atoms with Gasteiger partial charge in [0.25, 0.3) is 0 Å². The Bertz CT molecular complexity index is 1830. The van der Waals surface area contributed by atoms with E-state index in [2.05, 4.69) is 138 Å². The number of rotatable bonds is 2. The molecule has 0 radical (unpaired) electrons. The zero-order valence-electron chi connectivity index (χ0n) is 22.4. The van der Waals surface area contributed by atoms with E-state index in [1.165, 1.54) is 59.8 Å². The first-order valence-corrected chi connectivity index (χ1v) is 20.4. The van der Waals surface area contributed by atoms with Gasteiger partial charge in [0, 0.05) is 27.4 Å². The van der Waals surface area contributed by atoms with Gasteiger partial charge in [-0.1, -0.05) is 61.2 Å². The minimum absolute atomic E-state index is 0.826. The molecule has 6 aromatic rings. The Labute approximate surface area is 263 Å². The number of hydrogen-bond acceptors (Lipinski definition) is 2. The van der Waals surface area contributed by atoms with E-state index in [1.807, 2.05) is 23.9 Å². The fourth-order valence-electron chi connectivity index (χ4n) is 5.37. The predicted octanol–water partition coefficient (Wildman–Crippen LogP) is 11.4. The number of anilines is 3. The molecule has 2 nitrogen and oxygen atoms in total. The Balaban J connectivity index is 0.000000333. The Morgan fingerprint density at radius 2 is 1.51 bits per heavy atom. The van der Waals surface area contributed by atoms with E-state index in [4.69, 9.17) is 17.0 Å². The Kier molecular flexibility index (Phi) is 8.93. The van der Waals surface area contributed by atoms with Gasteiger partial charge in [-0.05, 0) is 47.9 Å². The van der Waals surface area contributed by atoms with Crippen molar-refractivity contribution in [1.82, 2.24) is 4.57 Å². The van der Waals surface area contributed by atoms with E-state index in [0.717, 1.165) is 6.42 Å². The van der Waals surface area contributed by atoms with Crippen LogP contribution in [0.25, 0.3) is 27.4 Å². The third-order valence-electron chi connectivity index (χ3n) is 7.07. The molecule has 0 bridgehead atoms. The summed E-state index contributed by atoms with van der Waals surface area (Å²) in [6.45, 7) is 2.18. The van der Waals surface area contributed by atoms with Crippen molar-refractivity contribution in [2.24, 2.45) is 0 Å². The fraction of sp³-hybridized carbons (Fsp3) is 0.0571. The fourth-order valence-corrected chi connectivity index (χ4v) is 6.43. The molecule has 41 heavy (non-hydrogen) atoms. The molecule has 0 fully saturated rings. The van der Waals surface area contributed by atoms with E-state index in [-0.39, 0.29) is 0 Å². The van der Waals surface area contributed by atoms with Crippen LogP contribution >= 0.6 is 28.8 Å². The Morgan fingerprint density at radius 1 is 0.829 bits per heavy atom. The van der Waals surface area contributed by atoms with Crippen LogP contribution in [0.15, 0.2) is 137 Å². The van der Waals surface area contributed by atoms with Gasteiger partial charge >= 0.3 is 37.9 Å². The summed E-state index contributed by atoms with van der Waals surface area (Å²) in [5, 5.41) is 3.80. The normalized spacial score (nSPS) is 12.7. The first-order chi connectivity index (χ1) is 20.2. The van der Waals surface area contributed by atoms with Crippen molar-refractivity contribution in [3.05, 3.63) is 139 Å². The molecule has 0 unspecified atom stereocenters. The molecule has 6 heteroatoms. The van der Waals surface area contributed by atoms with E-state index >= 15 is 0 Å². The van der Waals surface area contributed by atoms with Crippen LogP contribution in [-0.4, -0.2) is 4.57 Å². The number of allylic oxidation sites excluding steroid dienone is 4. The molecular weight excluding hydrogens is 643 g/mol. The van der Waals surface area contributed by atoms with Gasteiger partial charge in [0.05, 0.1) is 16.9 Å². The van der Waals surface area contributed by atoms with Crippen LogP contribution < -0.4 is 4.90 Å². The molecule has 0 saturated heterocycles. The summed E-state index contributed by atoms with van der Waals surface area (Å²) in [5.41, 5.74) is 7.37. The number of fused-ring (bicyclic) bond motifs is 4. The van der Waals surface area contributed by atoms with Crippen LogP contribution in [0.1, 0.15) is 12.0 Å². The average Bonchev–Trinajstić information content (AvgIpc) is 3.78. The second-order valence-corrected chi connectivity index (χ2v) is 14.5. The van der Waals surface area contributed by atoms with E-state index < -0.39 is 20.8 Å². The third-order valence-corrected chi connectivity index (χ3v) is 8.20. The molecule has 2 aliphatic rings. The zero-order valence-corrected chi connectivity index (χ0v) is 27.2. The number of aryl methyl sites for hydroxylation is 1. The molecule has 1 aliphatic heterocycles. The van der Waals surface area contributed by atoms with Crippen molar-refractivity contribution in [3.8, 4) is 5.69 Å². The van der Waals surface area contributed by atoms with Gasteiger partial charge in [-0.15, -0.1) is 34.9 Å². The van der Waals surface area contributed by atoms with Gasteiger partial charge < -0.3 is 9.47 Å². The van der Waals surface area contributed by atoms with Crippen molar-refractivity contribution in [3.63, 3.8) is 0 Å².